The Bertz CT molecular complexity index is 1010. The maximum Gasteiger partial charge on any atom is 0.269 e. The van der Waals surface area contributed by atoms with E-state index in [0.717, 1.165) is 22.7 Å². The summed E-state index contributed by atoms with van der Waals surface area (Å²) in [6.07, 6.45) is 3.19. The zero-order valence-corrected chi connectivity index (χ0v) is 14.6. The van der Waals surface area contributed by atoms with E-state index >= 15 is 0 Å². The van der Waals surface area contributed by atoms with Crippen LogP contribution in [0.3, 0.4) is 0 Å². The first-order chi connectivity index (χ1) is 12.4. The highest BCUT2D eigenvalue weighted by Gasteiger charge is 2.13. The van der Waals surface area contributed by atoms with Gasteiger partial charge in [0.25, 0.3) is 5.69 Å². The van der Waals surface area contributed by atoms with Gasteiger partial charge in [0.1, 0.15) is 5.76 Å². The number of nitrogens with zero attached hydrogens (tertiary/aromatic N) is 3. The number of hydrogen-bond acceptors (Lipinski definition) is 5. The molecule has 0 saturated heterocycles. The molecule has 0 fully saturated rings. The Hall–Kier alpha value is -3.48. The number of carbonyl (C=O) groups is 1. The van der Waals surface area contributed by atoms with Gasteiger partial charge in [-0.1, -0.05) is 5.16 Å². The minimum Gasteiger partial charge on any atom is -0.360 e. The molecule has 0 aliphatic carbocycles. The number of nitro benzene ring substituents is 1. The Morgan fingerprint density at radius 2 is 1.88 bits per heavy atom. The maximum atomic E-state index is 12.3. The third-order valence-corrected chi connectivity index (χ3v) is 4.09. The number of aromatic nitrogens is 2. The number of nitro groups is 1. The van der Waals surface area contributed by atoms with Crippen molar-refractivity contribution in [1.29, 1.82) is 0 Å². The van der Waals surface area contributed by atoms with Gasteiger partial charge in [0.2, 0.25) is 0 Å². The normalized spacial score (nSPS) is 11.2. The molecule has 3 aromatic rings. The number of hydrogen-bond donors (Lipinski definition) is 0. The van der Waals surface area contributed by atoms with Gasteiger partial charge in [-0.05, 0) is 56.7 Å². The molecular formula is C19H17N3O4. The highest BCUT2D eigenvalue weighted by Crippen LogP contribution is 2.22. The standard InChI is InChI=1S/C19H17N3O4/c1-12-10-16(14(3)21(12)19-11-13(2)26-20-19)6-9-18(23)15-4-7-17(8-5-15)22(24)25/h4-11H,1-3H3/b9-6+. The van der Waals surface area contributed by atoms with Crippen molar-refractivity contribution >= 4 is 17.5 Å². The summed E-state index contributed by atoms with van der Waals surface area (Å²) >= 11 is 0. The van der Waals surface area contributed by atoms with E-state index in [9.17, 15) is 14.9 Å². The molecule has 0 N–H and O–H groups in total. The molecule has 0 aliphatic rings. The molecule has 1 aromatic carbocycles. The smallest absolute Gasteiger partial charge is 0.269 e. The molecule has 0 amide bonds. The number of carbonyl (C=O) groups excluding carboxylic acids is 1. The van der Waals surface area contributed by atoms with E-state index in [1.54, 1.807) is 6.08 Å². The first kappa shape index (κ1) is 17.3. The SMILES string of the molecule is Cc1cc(-n2c(C)cc(/C=C/C(=O)c3ccc([N+](=O)[O-])cc3)c2C)no1. The van der Waals surface area contributed by atoms with Gasteiger partial charge in [-0.3, -0.25) is 19.5 Å². The lowest BCUT2D eigenvalue weighted by Gasteiger charge is -2.03. The summed E-state index contributed by atoms with van der Waals surface area (Å²) < 4.78 is 7.08. The van der Waals surface area contributed by atoms with Crippen molar-refractivity contribution in [3.8, 4) is 5.82 Å². The molecule has 0 unspecified atom stereocenters. The third kappa shape index (κ3) is 3.32. The van der Waals surface area contributed by atoms with Crippen molar-refractivity contribution in [2.24, 2.45) is 0 Å². The van der Waals surface area contributed by atoms with Crippen LogP contribution in [-0.4, -0.2) is 20.4 Å². The van der Waals surface area contributed by atoms with Gasteiger partial charge >= 0.3 is 0 Å². The fourth-order valence-corrected chi connectivity index (χ4v) is 2.78. The topological polar surface area (TPSA) is 91.2 Å². The lowest BCUT2D eigenvalue weighted by atomic mass is 10.1. The van der Waals surface area contributed by atoms with Crippen LogP contribution in [0.2, 0.25) is 0 Å². The summed E-state index contributed by atoms with van der Waals surface area (Å²) in [4.78, 5) is 22.5. The van der Waals surface area contributed by atoms with Gasteiger partial charge in [0.15, 0.2) is 11.6 Å². The second-order valence-corrected chi connectivity index (χ2v) is 5.96. The predicted molar refractivity (Wildman–Crippen MR) is 96.5 cm³/mol. The van der Waals surface area contributed by atoms with E-state index in [1.165, 1.54) is 30.3 Å². The summed E-state index contributed by atoms with van der Waals surface area (Å²) in [5.41, 5.74) is 3.14. The van der Waals surface area contributed by atoms with E-state index in [2.05, 4.69) is 5.16 Å². The molecule has 7 heteroatoms. The van der Waals surface area contributed by atoms with E-state index in [-0.39, 0.29) is 11.5 Å². The van der Waals surface area contributed by atoms with Gasteiger partial charge in [0, 0.05) is 35.2 Å². The highest BCUT2D eigenvalue weighted by molar-refractivity contribution is 6.07. The fraction of sp³-hybridized carbons (Fsp3) is 0.158. The average Bonchev–Trinajstić information content (AvgIpc) is 3.15. The molecular weight excluding hydrogens is 334 g/mol. The Labute approximate surface area is 149 Å². The van der Waals surface area contributed by atoms with E-state index in [0.29, 0.717) is 11.4 Å². The van der Waals surface area contributed by atoms with Crippen molar-refractivity contribution in [1.82, 2.24) is 9.72 Å². The van der Waals surface area contributed by atoms with Gasteiger partial charge in [-0.2, -0.15) is 0 Å². The van der Waals surface area contributed by atoms with E-state index < -0.39 is 4.92 Å². The van der Waals surface area contributed by atoms with Crippen molar-refractivity contribution in [3.63, 3.8) is 0 Å². The van der Waals surface area contributed by atoms with Crippen molar-refractivity contribution in [3.05, 3.63) is 80.9 Å². The largest absolute Gasteiger partial charge is 0.360 e. The van der Waals surface area contributed by atoms with Crippen LogP contribution < -0.4 is 0 Å². The fourth-order valence-electron chi connectivity index (χ4n) is 2.78. The van der Waals surface area contributed by atoms with Crippen LogP contribution >= 0.6 is 0 Å². The van der Waals surface area contributed by atoms with Gasteiger partial charge in [0.05, 0.1) is 4.92 Å². The molecule has 0 saturated carbocycles. The highest BCUT2D eigenvalue weighted by atomic mass is 16.6. The predicted octanol–water partition coefficient (Wildman–Crippen LogP) is 4.19. The lowest BCUT2D eigenvalue weighted by Crippen LogP contribution is -1.99. The van der Waals surface area contributed by atoms with Crippen LogP contribution in [0.1, 0.15) is 33.1 Å². The second-order valence-electron chi connectivity index (χ2n) is 5.96. The number of aryl methyl sites for hydroxylation is 2. The Morgan fingerprint density at radius 3 is 2.46 bits per heavy atom. The first-order valence-electron chi connectivity index (χ1n) is 7.96. The number of rotatable bonds is 5. The minimum atomic E-state index is -0.495. The minimum absolute atomic E-state index is 0.0445. The molecule has 0 aliphatic heterocycles. The third-order valence-electron chi connectivity index (χ3n) is 4.09. The molecule has 2 heterocycles. The van der Waals surface area contributed by atoms with E-state index in [4.69, 9.17) is 4.52 Å². The Balaban J connectivity index is 1.84. The van der Waals surface area contributed by atoms with Crippen LogP contribution in [0.25, 0.3) is 11.9 Å². The molecule has 0 atom stereocenters. The maximum absolute atomic E-state index is 12.3. The molecule has 0 spiro atoms. The average molecular weight is 351 g/mol. The van der Waals surface area contributed by atoms with Crippen molar-refractivity contribution < 1.29 is 14.2 Å². The molecule has 0 bridgehead atoms. The molecule has 2 aromatic heterocycles. The van der Waals surface area contributed by atoms with Crippen LogP contribution in [-0.2, 0) is 0 Å². The summed E-state index contributed by atoms with van der Waals surface area (Å²) in [7, 11) is 0. The molecule has 26 heavy (non-hydrogen) atoms. The summed E-state index contributed by atoms with van der Waals surface area (Å²) in [5.74, 6) is 1.19. The van der Waals surface area contributed by atoms with Crippen molar-refractivity contribution in [2.45, 2.75) is 20.8 Å². The summed E-state index contributed by atoms with van der Waals surface area (Å²) in [6, 6.07) is 9.34. The second kappa shape index (κ2) is 6.79. The van der Waals surface area contributed by atoms with Gasteiger partial charge in [-0.25, -0.2) is 0 Å². The van der Waals surface area contributed by atoms with E-state index in [1.807, 2.05) is 37.5 Å². The number of non-ortho nitro benzene ring substituents is 1. The monoisotopic (exact) mass is 351 g/mol. The quantitative estimate of drug-likeness (QED) is 0.297. The molecule has 3 rings (SSSR count). The summed E-state index contributed by atoms with van der Waals surface area (Å²) in [5, 5.41) is 14.7. The number of ketones is 1. The van der Waals surface area contributed by atoms with Crippen LogP contribution in [0.15, 0.2) is 47.0 Å². The van der Waals surface area contributed by atoms with Crippen LogP contribution in [0.5, 0.6) is 0 Å². The number of allylic oxidation sites excluding steroid dienone is 1. The Kier molecular flexibility index (Phi) is 4.53. The molecule has 7 nitrogen and oxygen atoms in total. The van der Waals surface area contributed by atoms with Crippen LogP contribution in [0, 0.1) is 30.9 Å². The summed E-state index contributed by atoms with van der Waals surface area (Å²) in [6.45, 7) is 5.72. The molecule has 132 valence electrons. The van der Waals surface area contributed by atoms with Gasteiger partial charge in [-0.15, -0.1) is 0 Å². The zero-order valence-electron chi connectivity index (χ0n) is 14.6. The van der Waals surface area contributed by atoms with Crippen LogP contribution in [0.4, 0.5) is 5.69 Å². The number of benzene rings is 1. The molecule has 0 radical (unpaired) electrons. The zero-order chi connectivity index (χ0) is 18.8. The Morgan fingerprint density at radius 1 is 1.19 bits per heavy atom. The van der Waals surface area contributed by atoms with Gasteiger partial charge < -0.3 is 4.52 Å². The first-order valence-corrected chi connectivity index (χ1v) is 7.96. The van der Waals surface area contributed by atoms with Crippen molar-refractivity contribution in [2.75, 3.05) is 0 Å². The lowest BCUT2D eigenvalue weighted by molar-refractivity contribution is -0.384.